The number of aromatic nitrogens is 1. The van der Waals surface area contributed by atoms with Crippen molar-refractivity contribution in [1.82, 2.24) is 4.98 Å². The largest absolute Gasteiger partial charge is 0.367 e. The molecule has 1 unspecified atom stereocenters. The van der Waals surface area contributed by atoms with Gasteiger partial charge >= 0.3 is 0 Å². The molecule has 23 heavy (non-hydrogen) atoms. The fourth-order valence-electron chi connectivity index (χ4n) is 2.97. The smallest absolute Gasteiger partial charge is 0.250 e. The summed E-state index contributed by atoms with van der Waals surface area (Å²) in [6.45, 7) is 3.79. The van der Waals surface area contributed by atoms with Gasteiger partial charge in [0.2, 0.25) is 5.91 Å². The predicted octanol–water partition coefficient (Wildman–Crippen LogP) is 2.70. The number of rotatable bonds is 5. The van der Waals surface area contributed by atoms with Gasteiger partial charge in [-0.3, -0.25) is 4.79 Å². The number of nitrogens with zero attached hydrogens (tertiary/aromatic N) is 2. The van der Waals surface area contributed by atoms with E-state index in [4.69, 9.17) is 17.3 Å². The standard InChI is InChI=1S/C17H19ClN4O/c1-11-8-12-4-2-3-5-15(12)22(11)7-6-20-17-14(18)9-13(10-21-17)16(19)23/h2-5,9-11H,6-8H2,1H3,(H2,19,23)(H,20,21). The van der Waals surface area contributed by atoms with Gasteiger partial charge in [-0.15, -0.1) is 0 Å². The molecule has 1 aromatic carbocycles. The summed E-state index contributed by atoms with van der Waals surface area (Å²) in [6, 6.07) is 10.5. The summed E-state index contributed by atoms with van der Waals surface area (Å²) < 4.78 is 0. The van der Waals surface area contributed by atoms with E-state index in [1.165, 1.54) is 23.5 Å². The highest BCUT2D eigenvalue weighted by molar-refractivity contribution is 6.33. The van der Waals surface area contributed by atoms with Crippen LogP contribution < -0.4 is 16.0 Å². The van der Waals surface area contributed by atoms with E-state index in [0.29, 0.717) is 29.0 Å². The molecule has 0 bridgehead atoms. The number of nitrogens with one attached hydrogen (secondary N) is 1. The molecule has 2 heterocycles. The van der Waals surface area contributed by atoms with Crippen LogP contribution in [0.2, 0.25) is 5.02 Å². The van der Waals surface area contributed by atoms with Gasteiger partial charge in [-0.05, 0) is 31.0 Å². The molecule has 0 fully saturated rings. The van der Waals surface area contributed by atoms with Crippen molar-refractivity contribution in [3.05, 3.63) is 52.7 Å². The van der Waals surface area contributed by atoms with E-state index < -0.39 is 5.91 Å². The van der Waals surface area contributed by atoms with Crippen molar-refractivity contribution in [2.24, 2.45) is 5.73 Å². The molecule has 3 rings (SSSR count). The van der Waals surface area contributed by atoms with Crippen molar-refractivity contribution in [3.63, 3.8) is 0 Å². The van der Waals surface area contributed by atoms with Gasteiger partial charge in [0.25, 0.3) is 0 Å². The lowest BCUT2D eigenvalue weighted by atomic mass is 10.1. The second-order valence-electron chi connectivity index (χ2n) is 5.72. The van der Waals surface area contributed by atoms with E-state index in [1.54, 1.807) is 0 Å². The van der Waals surface area contributed by atoms with Crippen molar-refractivity contribution < 1.29 is 4.79 Å². The fourth-order valence-corrected chi connectivity index (χ4v) is 3.20. The number of carbonyl (C=O) groups is 1. The van der Waals surface area contributed by atoms with E-state index in [1.807, 2.05) is 0 Å². The van der Waals surface area contributed by atoms with Gasteiger partial charge < -0.3 is 16.0 Å². The van der Waals surface area contributed by atoms with Crippen molar-refractivity contribution in [2.45, 2.75) is 19.4 Å². The van der Waals surface area contributed by atoms with Gasteiger partial charge in [0.05, 0.1) is 10.6 Å². The molecule has 120 valence electrons. The molecule has 0 saturated heterocycles. The highest BCUT2D eigenvalue weighted by Crippen LogP contribution is 2.31. The molecule has 0 aliphatic carbocycles. The highest BCUT2D eigenvalue weighted by Gasteiger charge is 2.24. The maximum absolute atomic E-state index is 11.1. The number of carbonyl (C=O) groups excluding carboxylic acids is 1. The lowest BCUT2D eigenvalue weighted by Crippen LogP contribution is -2.33. The first kappa shape index (κ1) is 15.6. The van der Waals surface area contributed by atoms with Crippen molar-refractivity contribution in [1.29, 1.82) is 0 Å². The van der Waals surface area contributed by atoms with Crippen LogP contribution in [0.15, 0.2) is 36.5 Å². The topological polar surface area (TPSA) is 71.2 Å². The van der Waals surface area contributed by atoms with Crippen LogP contribution in [-0.4, -0.2) is 30.0 Å². The molecule has 2 aromatic rings. The number of halogens is 1. The second kappa shape index (κ2) is 6.46. The van der Waals surface area contributed by atoms with Gasteiger partial charge in [0.15, 0.2) is 0 Å². The molecule has 1 aromatic heterocycles. The summed E-state index contributed by atoms with van der Waals surface area (Å²) >= 11 is 6.13. The van der Waals surface area contributed by atoms with E-state index in [0.717, 1.165) is 13.0 Å². The second-order valence-corrected chi connectivity index (χ2v) is 6.13. The fraction of sp³-hybridized carbons (Fsp3) is 0.294. The first-order valence-electron chi connectivity index (χ1n) is 7.60. The number of anilines is 2. The molecule has 1 aliphatic rings. The Labute approximate surface area is 140 Å². The number of primary amides is 1. The van der Waals surface area contributed by atoms with Gasteiger partial charge in [-0.25, -0.2) is 4.98 Å². The summed E-state index contributed by atoms with van der Waals surface area (Å²) in [5.74, 6) is 0.0326. The van der Waals surface area contributed by atoms with E-state index >= 15 is 0 Å². The van der Waals surface area contributed by atoms with Crippen LogP contribution >= 0.6 is 11.6 Å². The van der Waals surface area contributed by atoms with Gasteiger partial charge in [0.1, 0.15) is 5.82 Å². The number of fused-ring (bicyclic) bond motifs is 1. The SMILES string of the molecule is CC1Cc2ccccc2N1CCNc1ncc(C(N)=O)cc1Cl. The minimum absolute atomic E-state index is 0.308. The van der Waals surface area contributed by atoms with Crippen LogP contribution in [0.4, 0.5) is 11.5 Å². The van der Waals surface area contributed by atoms with Gasteiger partial charge in [0, 0.05) is 31.0 Å². The first-order chi connectivity index (χ1) is 11.1. The highest BCUT2D eigenvalue weighted by atomic mass is 35.5. The maximum Gasteiger partial charge on any atom is 0.250 e. The van der Waals surface area contributed by atoms with Crippen molar-refractivity contribution in [3.8, 4) is 0 Å². The molecule has 1 atom stereocenters. The average molecular weight is 331 g/mol. The molecule has 0 saturated carbocycles. The normalized spacial score (nSPS) is 16.3. The molecule has 0 radical (unpaired) electrons. The Morgan fingerprint density at radius 2 is 2.26 bits per heavy atom. The number of benzene rings is 1. The molecular formula is C17H19ClN4O. The van der Waals surface area contributed by atoms with Gasteiger partial charge in [-0.1, -0.05) is 29.8 Å². The number of hydrogen-bond acceptors (Lipinski definition) is 4. The third kappa shape index (κ3) is 3.24. The summed E-state index contributed by atoms with van der Waals surface area (Å²) in [7, 11) is 0. The monoisotopic (exact) mass is 330 g/mol. The Hall–Kier alpha value is -2.27. The number of amides is 1. The number of pyridine rings is 1. The zero-order valence-corrected chi connectivity index (χ0v) is 13.7. The van der Waals surface area contributed by atoms with E-state index in [2.05, 4.69) is 46.4 Å². The average Bonchev–Trinajstić information content (AvgIpc) is 2.84. The van der Waals surface area contributed by atoms with E-state index in [-0.39, 0.29) is 0 Å². The number of para-hydroxylation sites is 1. The minimum Gasteiger partial charge on any atom is -0.367 e. The third-order valence-corrected chi connectivity index (χ3v) is 4.41. The summed E-state index contributed by atoms with van der Waals surface area (Å²) in [6.07, 6.45) is 2.51. The van der Waals surface area contributed by atoms with Gasteiger partial charge in [-0.2, -0.15) is 0 Å². The van der Waals surface area contributed by atoms with Crippen LogP contribution in [0.1, 0.15) is 22.8 Å². The molecule has 5 nitrogen and oxygen atoms in total. The lowest BCUT2D eigenvalue weighted by Gasteiger charge is -2.25. The summed E-state index contributed by atoms with van der Waals surface area (Å²) in [4.78, 5) is 17.6. The Morgan fingerprint density at radius 3 is 3.00 bits per heavy atom. The summed E-state index contributed by atoms with van der Waals surface area (Å²) in [5.41, 5.74) is 8.21. The number of nitrogens with two attached hydrogens (primary N) is 1. The third-order valence-electron chi connectivity index (χ3n) is 4.12. The zero-order chi connectivity index (χ0) is 16.4. The van der Waals surface area contributed by atoms with E-state index in [9.17, 15) is 4.79 Å². The minimum atomic E-state index is -0.534. The maximum atomic E-state index is 11.1. The van der Waals surface area contributed by atoms with Crippen LogP contribution in [-0.2, 0) is 6.42 Å². The zero-order valence-electron chi connectivity index (χ0n) is 12.9. The molecule has 0 spiro atoms. The van der Waals surface area contributed by atoms with Crippen LogP contribution in [0, 0.1) is 0 Å². The lowest BCUT2D eigenvalue weighted by molar-refractivity contribution is 0.1000. The van der Waals surface area contributed by atoms with Crippen LogP contribution in [0.3, 0.4) is 0 Å². The molecule has 1 aliphatic heterocycles. The molecule has 1 amide bonds. The number of hydrogen-bond donors (Lipinski definition) is 2. The first-order valence-corrected chi connectivity index (χ1v) is 7.98. The molecule has 3 N–H and O–H groups in total. The Bertz CT molecular complexity index is 734. The Balaban J connectivity index is 1.63. The van der Waals surface area contributed by atoms with Crippen LogP contribution in [0.25, 0.3) is 0 Å². The Morgan fingerprint density at radius 1 is 1.48 bits per heavy atom. The Kier molecular flexibility index (Phi) is 4.39. The molecular weight excluding hydrogens is 312 g/mol. The molecule has 6 heteroatoms. The van der Waals surface area contributed by atoms with Crippen molar-refractivity contribution >= 4 is 29.0 Å². The predicted molar refractivity (Wildman–Crippen MR) is 93.2 cm³/mol. The van der Waals surface area contributed by atoms with Crippen molar-refractivity contribution in [2.75, 3.05) is 23.3 Å². The van der Waals surface area contributed by atoms with Crippen LogP contribution in [0.5, 0.6) is 0 Å². The quantitative estimate of drug-likeness (QED) is 0.884. The summed E-state index contributed by atoms with van der Waals surface area (Å²) in [5, 5.41) is 3.62.